The largest absolute Gasteiger partial charge is 0.313 e. The van der Waals surface area contributed by atoms with Gasteiger partial charge in [-0.2, -0.15) is 0 Å². The first-order valence-electron chi connectivity index (χ1n) is 6.22. The molecule has 3 aromatic rings. The van der Waals surface area contributed by atoms with Crippen LogP contribution in [-0.4, -0.2) is 15.0 Å². The van der Waals surface area contributed by atoms with Gasteiger partial charge in [0.2, 0.25) is 0 Å². The first-order chi connectivity index (χ1) is 9.31. The van der Waals surface area contributed by atoms with Crippen LogP contribution < -0.4 is 5.56 Å². The monoisotopic (exact) mass is 251 g/mol. The van der Waals surface area contributed by atoms with E-state index < -0.39 is 0 Å². The Kier molecular flexibility index (Phi) is 2.83. The van der Waals surface area contributed by atoms with Gasteiger partial charge in [-0.3, -0.25) is 9.78 Å². The maximum absolute atomic E-state index is 11.9. The molecule has 19 heavy (non-hydrogen) atoms. The van der Waals surface area contributed by atoms with Crippen LogP contribution in [0.4, 0.5) is 0 Å². The summed E-state index contributed by atoms with van der Waals surface area (Å²) in [6, 6.07) is 9.82. The van der Waals surface area contributed by atoms with E-state index in [9.17, 15) is 4.79 Å². The van der Waals surface area contributed by atoms with Gasteiger partial charge in [-0.1, -0.05) is 31.2 Å². The van der Waals surface area contributed by atoms with Crippen molar-refractivity contribution in [1.82, 2.24) is 15.0 Å². The van der Waals surface area contributed by atoms with Crippen molar-refractivity contribution < 1.29 is 0 Å². The van der Waals surface area contributed by atoms with Crippen LogP contribution in [0.3, 0.4) is 0 Å². The van der Waals surface area contributed by atoms with Crippen molar-refractivity contribution in [3.63, 3.8) is 0 Å². The fourth-order valence-corrected chi connectivity index (χ4v) is 2.28. The molecule has 0 saturated heterocycles. The first-order valence-corrected chi connectivity index (χ1v) is 6.22. The summed E-state index contributed by atoms with van der Waals surface area (Å²) in [4.78, 5) is 23.2. The maximum Gasteiger partial charge on any atom is 0.254 e. The number of fused-ring (bicyclic) bond motifs is 1. The van der Waals surface area contributed by atoms with E-state index in [4.69, 9.17) is 0 Å². The summed E-state index contributed by atoms with van der Waals surface area (Å²) in [7, 11) is 0. The van der Waals surface area contributed by atoms with Crippen LogP contribution in [0, 0.1) is 0 Å². The van der Waals surface area contributed by atoms with Crippen LogP contribution in [0.5, 0.6) is 0 Å². The molecule has 3 rings (SSSR count). The number of nitrogens with zero attached hydrogens (tertiary/aromatic N) is 2. The van der Waals surface area contributed by atoms with Gasteiger partial charge in [0.15, 0.2) is 0 Å². The second-order valence-corrected chi connectivity index (χ2v) is 4.29. The zero-order valence-corrected chi connectivity index (χ0v) is 10.6. The zero-order chi connectivity index (χ0) is 13.2. The Labute approximate surface area is 110 Å². The molecule has 1 N–H and O–H groups in total. The molecule has 0 spiro atoms. The third-order valence-electron chi connectivity index (χ3n) is 3.19. The second-order valence-electron chi connectivity index (χ2n) is 4.29. The second kappa shape index (κ2) is 4.65. The van der Waals surface area contributed by atoms with Gasteiger partial charge in [-0.05, 0) is 12.5 Å². The van der Waals surface area contributed by atoms with Gasteiger partial charge in [0, 0.05) is 22.7 Å². The van der Waals surface area contributed by atoms with Gasteiger partial charge < -0.3 is 4.98 Å². The number of nitrogens with one attached hydrogen (secondary N) is 1. The number of aromatic nitrogens is 3. The average Bonchev–Trinajstić information content (AvgIpc) is 2.46. The van der Waals surface area contributed by atoms with E-state index in [2.05, 4.69) is 15.0 Å². The van der Waals surface area contributed by atoms with Crippen molar-refractivity contribution >= 4 is 10.9 Å². The molecule has 1 aromatic carbocycles. The Bertz CT molecular complexity index is 787. The third kappa shape index (κ3) is 1.91. The third-order valence-corrected chi connectivity index (χ3v) is 3.19. The fourth-order valence-electron chi connectivity index (χ4n) is 2.28. The van der Waals surface area contributed by atoms with Crippen LogP contribution >= 0.6 is 0 Å². The number of H-pyrrole nitrogens is 1. The lowest BCUT2D eigenvalue weighted by atomic mass is 10.0. The molecule has 2 aromatic heterocycles. The number of para-hydroxylation sites is 1. The number of rotatable bonds is 2. The van der Waals surface area contributed by atoms with Crippen LogP contribution in [0.1, 0.15) is 12.5 Å². The van der Waals surface area contributed by atoms with E-state index in [-0.39, 0.29) is 5.56 Å². The highest BCUT2D eigenvalue weighted by molar-refractivity contribution is 5.93. The van der Waals surface area contributed by atoms with Crippen molar-refractivity contribution in [2.75, 3.05) is 0 Å². The summed E-state index contributed by atoms with van der Waals surface area (Å²) in [6.07, 6.45) is 3.84. The molecule has 0 bridgehead atoms. The lowest BCUT2D eigenvalue weighted by Gasteiger charge is -2.08. The van der Waals surface area contributed by atoms with Crippen LogP contribution in [0.25, 0.3) is 22.2 Å². The topological polar surface area (TPSA) is 58.6 Å². The molecular weight excluding hydrogens is 238 g/mol. The molecule has 4 nitrogen and oxygen atoms in total. The molecule has 4 heteroatoms. The van der Waals surface area contributed by atoms with E-state index >= 15 is 0 Å². The lowest BCUT2D eigenvalue weighted by molar-refractivity contribution is 1.01. The van der Waals surface area contributed by atoms with E-state index in [1.165, 1.54) is 6.33 Å². The molecule has 0 fully saturated rings. The number of hydrogen-bond acceptors (Lipinski definition) is 3. The highest BCUT2D eigenvalue weighted by Crippen LogP contribution is 2.26. The quantitative estimate of drug-likeness (QED) is 0.761. The summed E-state index contributed by atoms with van der Waals surface area (Å²) in [5.74, 6) is 0. The minimum atomic E-state index is -0.0829. The number of aromatic amines is 1. The number of pyridine rings is 1. The summed E-state index contributed by atoms with van der Waals surface area (Å²) < 4.78 is 0. The Balaban J connectivity index is 2.37. The Morgan fingerprint density at radius 1 is 1.16 bits per heavy atom. The molecule has 0 aliphatic rings. The van der Waals surface area contributed by atoms with Gasteiger partial charge in [0.05, 0.1) is 17.5 Å². The van der Waals surface area contributed by atoms with Crippen molar-refractivity contribution in [3.05, 3.63) is 58.8 Å². The predicted molar refractivity (Wildman–Crippen MR) is 75.0 cm³/mol. The van der Waals surface area contributed by atoms with Gasteiger partial charge in [0.1, 0.15) is 0 Å². The van der Waals surface area contributed by atoms with Crippen molar-refractivity contribution in [2.45, 2.75) is 13.3 Å². The van der Waals surface area contributed by atoms with Crippen molar-refractivity contribution in [3.8, 4) is 11.3 Å². The minimum absolute atomic E-state index is 0.0829. The lowest BCUT2D eigenvalue weighted by Crippen LogP contribution is -2.14. The van der Waals surface area contributed by atoms with Gasteiger partial charge >= 0.3 is 0 Å². The summed E-state index contributed by atoms with van der Waals surface area (Å²) in [5, 5.41) is 1.05. The smallest absolute Gasteiger partial charge is 0.254 e. The summed E-state index contributed by atoms with van der Waals surface area (Å²) >= 11 is 0. The van der Waals surface area contributed by atoms with E-state index in [0.29, 0.717) is 12.0 Å². The summed E-state index contributed by atoms with van der Waals surface area (Å²) in [5.41, 5.74) is 3.11. The van der Waals surface area contributed by atoms with Crippen LogP contribution in [0.2, 0.25) is 0 Å². The zero-order valence-electron chi connectivity index (χ0n) is 10.6. The molecule has 0 aliphatic heterocycles. The highest BCUT2D eigenvalue weighted by atomic mass is 16.1. The normalized spacial score (nSPS) is 10.8. The number of benzene rings is 1. The minimum Gasteiger partial charge on any atom is -0.313 e. The Morgan fingerprint density at radius 3 is 2.84 bits per heavy atom. The molecular formula is C15H13N3O. The molecule has 94 valence electrons. The molecule has 0 saturated carbocycles. The van der Waals surface area contributed by atoms with Crippen LogP contribution in [-0.2, 0) is 6.42 Å². The first kappa shape index (κ1) is 11.6. The molecule has 0 radical (unpaired) electrons. The predicted octanol–water partition coefficient (Wildman–Crippen LogP) is 2.55. The standard InChI is InChI=1S/C15H13N3O/c1-2-11-14(17-9-18-15(11)19)12-7-3-5-10-6-4-8-16-13(10)12/h3-9H,2H2,1H3,(H,17,18,19). The maximum atomic E-state index is 11.9. The molecule has 0 aliphatic carbocycles. The van der Waals surface area contributed by atoms with Gasteiger partial charge in [-0.25, -0.2) is 4.98 Å². The van der Waals surface area contributed by atoms with Crippen molar-refractivity contribution in [1.29, 1.82) is 0 Å². The molecule has 0 atom stereocenters. The molecule has 0 unspecified atom stereocenters. The van der Waals surface area contributed by atoms with E-state index in [0.717, 1.165) is 22.2 Å². The molecule has 0 amide bonds. The number of hydrogen-bond donors (Lipinski definition) is 1. The Morgan fingerprint density at radius 2 is 2.00 bits per heavy atom. The molecule has 2 heterocycles. The SMILES string of the molecule is CCc1c(-c2cccc3cccnc23)nc[nH]c1=O. The van der Waals surface area contributed by atoms with Gasteiger partial charge in [-0.15, -0.1) is 0 Å². The van der Waals surface area contributed by atoms with Crippen molar-refractivity contribution in [2.24, 2.45) is 0 Å². The van der Waals surface area contributed by atoms with E-state index in [1.807, 2.05) is 37.3 Å². The average molecular weight is 251 g/mol. The van der Waals surface area contributed by atoms with Crippen LogP contribution in [0.15, 0.2) is 47.7 Å². The van der Waals surface area contributed by atoms with E-state index in [1.54, 1.807) is 6.20 Å². The van der Waals surface area contributed by atoms with Gasteiger partial charge in [0.25, 0.3) is 5.56 Å². The summed E-state index contributed by atoms with van der Waals surface area (Å²) in [6.45, 7) is 1.95. The fraction of sp³-hybridized carbons (Fsp3) is 0.133. The Hall–Kier alpha value is -2.49. The highest BCUT2D eigenvalue weighted by Gasteiger charge is 2.12.